The fraction of sp³-hybridized carbons (Fsp3) is 0.160. The molecule has 0 aromatic heterocycles. The van der Waals surface area contributed by atoms with Crippen LogP contribution in [0.2, 0.25) is 0 Å². The quantitative estimate of drug-likeness (QED) is 0.463. The molecule has 1 amide bonds. The summed E-state index contributed by atoms with van der Waals surface area (Å²) < 4.78 is 10.1. The third kappa shape index (κ3) is 6.54. The Hall–Kier alpha value is -3.93. The van der Waals surface area contributed by atoms with Crippen LogP contribution in [0.5, 0.6) is 5.75 Å². The second kappa shape index (κ2) is 10.2. The zero-order valence-corrected chi connectivity index (χ0v) is 17.4. The van der Waals surface area contributed by atoms with E-state index in [-0.39, 0.29) is 18.5 Å². The predicted octanol–water partition coefficient (Wildman–Crippen LogP) is 4.06. The largest absolute Gasteiger partial charge is 0.452 e. The first-order chi connectivity index (χ1) is 14.9. The highest BCUT2D eigenvalue weighted by molar-refractivity contribution is 5.91. The summed E-state index contributed by atoms with van der Waals surface area (Å²) in [4.78, 5) is 35.1. The monoisotopic (exact) mass is 417 g/mol. The maximum atomic E-state index is 12.2. The Balaban J connectivity index is 1.50. The fourth-order valence-corrected chi connectivity index (χ4v) is 2.85. The molecule has 0 unspecified atom stereocenters. The van der Waals surface area contributed by atoms with Crippen molar-refractivity contribution in [3.63, 3.8) is 0 Å². The number of carbonyl (C=O) groups is 3. The summed E-state index contributed by atoms with van der Waals surface area (Å²) in [5.41, 5.74) is 4.27. The smallest absolute Gasteiger partial charge is 0.338 e. The van der Waals surface area contributed by atoms with E-state index in [4.69, 9.17) is 9.47 Å². The molecule has 31 heavy (non-hydrogen) atoms. The Kier molecular flexibility index (Phi) is 7.17. The van der Waals surface area contributed by atoms with Gasteiger partial charge in [0.15, 0.2) is 6.61 Å². The van der Waals surface area contributed by atoms with Crippen LogP contribution < -0.4 is 10.1 Å². The first-order valence-electron chi connectivity index (χ1n) is 9.79. The van der Waals surface area contributed by atoms with Crippen molar-refractivity contribution in [3.05, 3.63) is 89.5 Å². The van der Waals surface area contributed by atoms with Crippen molar-refractivity contribution in [1.29, 1.82) is 0 Å². The molecule has 6 heteroatoms. The molecule has 0 spiro atoms. The van der Waals surface area contributed by atoms with Gasteiger partial charge in [-0.25, -0.2) is 4.79 Å². The highest BCUT2D eigenvalue weighted by atomic mass is 16.5. The number of carbonyl (C=O) groups excluding carboxylic acids is 3. The van der Waals surface area contributed by atoms with Crippen molar-refractivity contribution in [2.24, 2.45) is 0 Å². The van der Waals surface area contributed by atoms with Crippen LogP contribution in [0.15, 0.2) is 72.8 Å². The van der Waals surface area contributed by atoms with Crippen LogP contribution in [0.25, 0.3) is 11.1 Å². The topological polar surface area (TPSA) is 81.7 Å². The Morgan fingerprint density at radius 3 is 1.97 bits per heavy atom. The highest BCUT2D eigenvalue weighted by Crippen LogP contribution is 2.23. The van der Waals surface area contributed by atoms with Gasteiger partial charge in [-0.1, -0.05) is 54.1 Å². The van der Waals surface area contributed by atoms with Crippen molar-refractivity contribution < 1.29 is 23.9 Å². The SMILES string of the molecule is CC(=O)Oc1ccc(-c2ccc(C(=O)OCC(=O)NCc3ccc(C)cc3)cc2)cc1. The number of hydrogen-bond donors (Lipinski definition) is 1. The minimum atomic E-state index is -0.567. The molecule has 0 fully saturated rings. The number of hydrogen-bond acceptors (Lipinski definition) is 5. The molecule has 158 valence electrons. The standard InChI is InChI=1S/C25H23NO5/c1-17-3-5-19(6-4-17)15-26-24(28)16-30-25(29)22-9-7-20(8-10-22)21-11-13-23(14-12-21)31-18(2)27/h3-14H,15-16H2,1-2H3,(H,26,28). The molecule has 3 aromatic carbocycles. The Bertz CT molecular complexity index is 1050. The molecule has 0 aliphatic rings. The molecule has 3 rings (SSSR count). The fourth-order valence-electron chi connectivity index (χ4n) is 2.85. The second-order valence-corrected chi connectivity index (χ2v) is 7.03. The lowest BCUT2D eigenvalue weighted by atomic mass is 10.0. The van der Waals surface area contributed by atoms with Crippen LogP contribution in [-0.2, 0) is 20.9 Å². The lowest BCUT2D eigenvalue weighted by Gasteiger charge is -2.08. The summed E-state index contributed by atoms with van der Waals surface area (Å²) in [6, 6.07) is 21.7. The number of esters is 2. The van der Waals surface area contributed by atoms with Crippen LogP contribution in [0.4, 0.5) is 0 Å². The molecule has 0 bridgehead atoms. The lowest BCUT2D eigenvalue weighted by Crippen LogP contribution is -2.28. The molecule has 1 N–H and O–H groups in total. The van der Waals surface area contributed by atoms with Crippen molar-refractivity contribution >= 4 is 17.8 Å². The summed E-state index contributed by atoms with van der Waals surface area (Å²) in [5, 5.41) is 2.72. The van der Waals surface area contributed by atoms with E-state index in [0.717, 1.165) is 22.3 Å². The molecule has 0 saturated heterocycles. The van der Waals surface area contributed by atoms with E-state index in [1.807, 2.05) is 43.3 Å². The lowest BCUT2D eigenvalue weighted by molar-refractivity contribution is -0.131. The molecule has 0 heterocycles. The van der Waals surface area contributed by atoms with Gasteiger partial charge in [-0.3, -0.25) is 9.59 Å². The summed E-state index contributed by atoms with van der Waals surface area (Å²) >= 11 is 0. The Labute approximate surface area is 180 Å². The van der Waals surface area contributed by atoms with Crippen LogP contribution in [0.3, 0.4) is 0 Å². The van der Waals surface area contributed by atoms with Gasteiger partial charge in [0.1, 0.15) is 5.75 Å². The number of ether oxygens (including phenoxy) is 2. The molecule has 0 aliphatic heterocycles. The summed E-state index contributed by atoms with van der Waals surface area (Å²) in [6.45, 7) is 3.38. The average Bonchev–Trinajstić information content (AvgIpc) is 2.77. The highest BCUT2D eigenvalue weighted by Gasteiger charge is 2.11. The first kappa shape index (κ1) is 21.8. The van der Waals surface area contributed by atoms with Crippen LogP contribution >= 0.6 is 0 Å². The normalized spacial score (nSPS) is 10.3. The van der Waals surface area contributed by atoms with Gasteiger partial charge in [0, 0.05) is 13.5 Å². The second-order valence-electron chi connectivity index (χ2n) is 7.03. The summed E-state index contributed by atoms with van der Waals surface area (Å²) in [7, 11) is 0. The van der Waals surface area contributed by atoms with Crippen LogP contribution in [-0.4, -0.2) is 24.5 Å². The zero-order valence-electron chi connectivity index (χ0n) is 17.4. The van der Waals surface area contributed by atoms with Gasteiger partial charge in [0.2, 0.25) is 0 Å². The number of amides is 1. The van der Waals surface area contributed by atoms with E-state index in [2.05, 4.69) is 5.32 Å². The number of nitrogens with one attached hydrogen (secondary N) is 1. The van der Waals surface area contributed by atoms with Crippen molar-refractivity contribution in [3.8, 4) is 16.9 Å². The van der Waals surface area contributed by atoms with Gasteiger partial charge < -0.3 is 14.8 Å². The Morgan fingerprint density at radius 2 is 1.39 bits per heavy atom. The van der Waals surface area contributed by atoms with E-state index in [1.54, 1.807) is 36.4 Å². The molecule has 3 aromatic rings. The number of rotatable bonds is 7. The van der Waals surface area contributed by atoms with Crippen molar-refractivity contribution in [2.75, 3.05) is 6.61 Å². The third-order valence-electron chi connectivity index (χ3n) is 4.51. The van der Waals surface area contributed by atoms with E-state index in [9.17, 15) is 14.4 Å². The van der Waals surface area contributed by atoms with Crippen LogP contribution in [0, 0.1) is 6.92 Å². The Morgan fingerprint density at radius 1 is 0.806 bits per heavy atom. The van der Waals surface area contributed by atoms with E-state index < -0.39 is 5.97 Å². The van der Waals surface area contributed by atoms with Gasteiger partial charge in [-0.05, 0) is 47.9 Å². The zero-order chi connectivity index (χ0) is 22.2. The van der Waals surface area contributed by atoms with Crippen molar-refractivity contribution in [2.45, 2.75) is 20.4 Å². The minimum absolute atomic E-state index is 0.343. The van der Waals surface area contributed by atoms with Gasteiger partial charge in [-0.2, -0.15) is 0 Å². The summed E-state index contributed by atoms with van der Waals surface area (Å²) in [5.74, 6) is -0.836. The van der Waals surface area contributed by atoms with Gasteiger partial charge in [0.05, 0.1) is 5.56 Å². The molecule has 0 aliphatic carbocycles. The van der Waals surface area contributed by atoms with Crippen LogP contribution in [0.1, 0.15) is 28.4 Å². The molecule has 6 nitrogen and oxygen atoms in total. The molecular weight excluding hydrogens is 394 g/mol. The summed E-state index contributed by atoms with van der Waals surface area (Å²) in [6.07, 6.45) is 0. The molecule has 0 saturated carbocycles. The molecular formula is C25H23NO5. The molecule has 0 radical (unpaired) electrons. The average molecular weight is 417 g/mol. The maximum Gasteiger partial charge on any atom is 0.338 e. The van der Waals surface area contributed by atoms with Gasteiger partial charge in [0.25, 0.3) is 5.91 Å². The van der Waals surface area contributed by atoms with E-state index in [0.29, 0.717) is 17.9 Å². The number of benzene rings is 3. The van der Waals surface area contributed by atoms with Gasteiger partial charge >= 0.3 is 11.9 Å². The van der Waals surface area contributed by atoms with Gasteiger partial charge in [-0.15, -0.1) is 0 Å². The van der Waals surface area contributed by atoms with Crippen molar-refractivity contribution in [1.82, 2.24) is 5.32 Å². The molecule has 0 atom stereocenters. The van der Waals surface area contributed by atoms with E-state index in [1.165, 1.54) is 6.92 Å². The maximum absolute atomic E-state index is 12.2. The minimum Gasteiger partial charge on any atom is -0.452 e. The predicted molar refractivity (Wildman–Crippen MR) is 116 cm³/mol. The first-order valence-corrected chi connectivity index (χ1v) is 9.79. The number of aryl methyl sites for hydroxylation is 1. The van der Waals surface area contributed by atoms with E-state index >= 15 is 0 Å². The third-order valence-corrected chi connectivity index (χ3v) is 4.51.